The number of nitrogens with zero attached hydrogens (tertiary/aromatic N) is 1. The van der Waals surface area contributed by atoms with Crippen LogP contribution in [0.3, 0.4) is 0 Å². The first-order valence-electron chi connectivity index (χ1n) is 4.63. The van der Waals surface area contributed by atoms with Gasteiger partial charge in [0.05, 0.1) is 0 Å². The smallest absolute Gasteiger partial charge is 0.121 e. The zero-order chi connectivity index (χ0) is 8.81. The van der Waals surface area contributed by atoms with E-state index in [1.165, 1.54) is 0 Å². The molecule has 0 spiro atoms. The molecular formula is C9H17NO2. The Bertz CT molecular complexity index is 138. The van der Waals surface area contributed by atoms with E-state index in [0.29, 0.717) is 12.3 Å². The quantitative estimate of drug-likeness (QED) is 0.618. The lowest BCUT2D eigenvalue weighted by molar-refractivity contribution is -0.108. The van der Waals surface area contributed by atoms with Crippen LogP contribution >= 0.6 is 0 Å². The molecule has 1 aliphatic heterocycles. The van der Waals surface area contributed by atoms with Gasteiger partial charge in [-0.25, -0.2) is 0 Å². The summed E-state index contributed by atoms with van der Waals surface area (Å²) in [7, 11) is 0. The molecule has 0 saturated carbocycles. The molecule has 0 aromatic heterocycles. The molecule has 1 heterocycles. The molecule has 0 aromatic rings. The van der Waals surface area contributed by atoms with Crippen molar-refractivity contribution >= 4 is 6.29 Å². The number of carbonyl (C=O) groups is 1. The molecular weight excluding hydrogens is 154 g/mol. The van der Waals surface area contributed by atoms with Gasteiger partial charge in [-0.1, -0.05) is 0 Å². The van der Waals surface area contributed by atoms with E-state index >= 15 is 0 Å². The van der Waals surface area contributed by atoms with Gasteiger partial charge < -0.3 is 14.8 Å². The predicted octanol–water partition coefficient (Wildman–Crippen LogP) is 0.280. The van der Waals surface area contributed by atoms with Gasteiger partial charge in [0.25, 0.3) is 0 Å². The molecule has 3 heteroatoms. The molecule has 1 fully saturated rings. The Morgan fingerprint density at radius 2 is 2.42 bits per heavy atom. The van der Waals surface area contributed by atoms with E-state index in [9.17, 15) is 4.79 Å². The molecule has 1 saturated heterocycles. The second-order valence-corrected chi connectivity index (χ2v) is 3.45. The van der Waals surface area contributed by atoms with Crippen LogP contribution in [0.25, 0.3) is 0 Å². The number of aldehydes is 1. The van der Waals surface area contributed by atoms with Crippen molar-refractivity contribution in [3.8, 4) is 0 Å². The van der Waals surface area contributed by atoms with Gasteiger partial charge in [0.15, 0.2) is 0 Å². The summed E-state index contributed by atoms with van der Waals surface area (Å²) < 4.78 is 0. The maximum Gasteiger partial charge on any atom is 0.121 e. The maximum atomic E-state index is 10.1. The first-order chi connectivity index (χ1) is 5.86. The van der Waals surface area contributed by atoms with Gasteiger partial charge in [-0.3, -0.25) is 0 Å². The summed E-state index contributed by atoms with van der Waals surface area (Å²) in [6, 6.07) is 0. The first-order valence-corrected chi connectivity index (χ1v) is 4.63. The number of hydrogen-bond acceptors (Lipinski definition) is 3. The normalized spacial score (nSPS) is 25.6. The monoisotopic (exact) mass is 171 g/mol. The van der Waals surface area contributed by atoms with E-state index in [-0.39, 0.29) is 6.61 Å². The highest BCUT2D eigenvalue weighted by Gasteiger charge is 2.17. The minimum absolute atomic E-state index is 0.289. The molecule has 1 N–H and O–H groups in total. The van der Waals surface area contributed by atoms with Crippen molar-refractivity contribution in [3.63, 3.8) is 0 Å². The maximum absolute atomic E-state index is 10.1. The lowest BCUT2D eigenvalue weighted by Crippen LogP contribution is -2.37. The van der Waals surface area contributed by atoms with Crippen LogP contribution in [0.5, 0.6) is 0 Å². The van der Waals surface area contributed by atoms with E-state index in [1.54, 1.807) is 0 Å². The molecule has 1 unspecified atom stereocenters. The van der Waals surface area contributed by atoms with Crippen molar-refractivity contribution in [1.82, 2.24) is 4.90 Å². The number of likely N-dealkylation sites (tertiary alicyclic amines) is 1. The van der Waals surface area contributed by atoms with Gasteiger partial charge in [-0.05, 0) is 25.3 Å². The standard InChI is InChI=1S/C9H17NO2/c11-6-2-5-10-4-1-3-9(7-10)8-12/h6,9,12H,1-5,7-8H2. The Balaban J connectivity index is 2.20. The number of aliphatic hydroxyl groups is 1. The summed E-state index contributed by atoms with van der Waals surface area (Å²) in [6.45, 7) is 3.20. The van der Waals surface area contributed by atoms with Crippen LogP contribution in [-0.2, 0) is 4.79 Å². The van der Waals surface area contributed by atoms with Gasteiger partial charge >= 0.3 is 0 Å². The van der Waals surface area contributed by atoms with Gasteiger partial charge in [0.1, 0.15) is 6.29 Å². The van der Waals surface area contributed by atoms with Crippen molar-refractivity contribution < 1.29 is 9.90 Å². The van der Waals surface area contributed by atoms with Crippen molar-refractivity contribution in [1.29, 1.82) is 0 Å². The summed E-state index contributed by atoms with van der Waals surface area (Å²) in [5.41, 5.74) is 0. The van der Waals surface area contributed by atoms with Gasteiger partial charge in [-0.15, -0.1) is 0 Å². The lowest BCUT2D eigenvalue weighted by atomic mass is 9.99. The average Bonchev–Trinajstić information content (AvgIpc) is 2.15. The van der Waals surface area contributed by atoms with E-state index in [1.807, 2.05) is 0 Å². The zero-order valence-electron chi connectivity index (χ0n) is 7.41. The van der Waals surface area contributed by atoms with Crippen molar-refractivity contribution in [2.75, 3.05) is 26.2 Å². The first kappa shape index (κ1) is 9.68. The van der Waals surface area contributed by atoms with Crippen LogP contribution in [-0.4, -0.2) is 42.5 Å². The largest absolute Gasteiger partial charge is 0.396 e. The average molecular weight is 171 g/mol. The number of carbonyl (C=O) groups excluding carboxylic acids is 1. The molecule has 0 aliphatic carbocycles. The summed E-state index contributed by atoms with van der Waals surface area (Å²) in [6.07, 6.45) is 3.87. The van der Waals surface area contributed by atoms with E-state index in [0.717, 1.165) is 38.8 Å². The number of hydrogen-bond donors (Lipinski definition) is 1. The molecule has 3 nitrogen and oxygen atoms in total. The topological polar surface area (TPSA) is 40.5 Å². The third-order valence-corrected chi connectivity index (χ3v) is 2.42. The van der Waals surface area contributed by atoms with Crippen molar-refractivity contribution in [2.45, 2.75) is 19.3 Å². The molecule has 1 aliphatic rings. The highest BCUT2D eigenvalue weighted by molar-refractivity contribution is 5.49. The van der Waals surface area contributed by atoms with Crippen LogP contribution in [0.2, 0.25) is 0 Å². The molecule has 12 heavy (non-hydrogen) atoms. The molecule has 0 bridgehead atoms. The van der Waals surface area contributed by atoms with Gasteiger partial charge in [0, 0.05) is 26.1 Å². The highest BCUT2D eigenvalue weighted by Crippen LogP contribution is 2.15. The Hall–Kier alpha value is -0.410. The van der Waals surface area contributed by atoms with Crippen LogP contribution in [0.4, 0.5) is 0 Å². The number of aliphatic hydroxyl groups excluding tert-OH is 1. The third kappa shape index (κ3) is 2.91. The second kappa shape index (κ2) is 5.27. The fourth-order valence-electron chi connectivity index (χ4n) is 1.74. The minimum Gasteiger partial charge on any atom is -0.396 e. The second-order valence-electron chi connectivity index (χ2n) is 3.45. The molecule has 1 rings (SSSR count). The van der Waals surface area contributed by atoms with Crippen LogP contribution in [0, 0.1) is 5.92 Å². The Labute approximate surface area is 73.4 Å². The van der Waals surface area contributed by atoms with Gasteiger partial charge in [0.2, 0.25) is 0 Å². The third-order valence-electron chi connectivity index (χ3n) is 2.42. The Morgan fingerprint density at radius 1 is 1.58 bits per heavy atom. The van der Waals surface area contributed by atoms with E-state index < -0.39 is 0 Å². The Morgan fingerprint density at radius 3 is 3.08 bits per heavy atom. The summed E-state index contributed by atoms with van der Waals surface area (Å²) in [5, 5.41) is 8.94. The van der Waals surface area contributed by atoms with Crippen LogP contribution in [0.1, 0.15) is 19.3 Å². The predicted molar refractivity (Wildman–Crippen MR) is 46.9 cm³/mol. The van der Waals surface area contributed by atoms with Gasteiger partial charge in [-0.2, -0.15) is 0 Å². The molecule has 70 valence electrons. The molecule has 0 amide bonds. The highest BCUT2D eigenvalue weighted by atomic mass is 16.3. The lowest BCUT2D eigenvalue weighted by Gasteiger charge is -2.31. The molecule has 0 radical (unpaired) electrons. The molecule has 1 atom stereocenters. The SMILES string of the molecule is O=CCCN1CCCC(CO)C1. The number of rotatable bonds is 4. The van der Waals surface area contributed by atoms with E-state index in [4.69, 9.17) is 5.11 Å². The Kier molecular flexibility index (Phi) is 4.25. The number of piperidine rings is 1. The zero-order valence-corrected chi connectivity index (χ0v) is 7.41. The minimum atomic E-state index is 0.289. The van der Waals surface area contributed by atoms with Crippen molar-refractivity contribution in [2.24, 2.45) is 5.92 Å². The summed E-state index contributed by atoms with van der Waals surface area (Å²) >= 11 is 0. The molecule has 0 aromatic carbocycles. The summed E-state index contributed by atoms with van der Waals surface area (Å²) in [4.78, 5) is 12.4. The van der Waals surface area contributed by atoms with Crippen LogP contribution in [0.15, 0.2) is 0 Å². The van der Waals surface area contributed by atoms with Crippen molar-refractivity contribution in [3.05, 3.63) is 0 Å². The summed E-state index contributed by atoms with van der Waals surface area (Å²) in [5.74, 6) is 0.436. The fraction of sp³-hybridized carbons (Fsp3) is 0.889. The van der Waals surface area contributed by atoms with E-state index in [2.05, 4.69) is 4.90 Å². The fourth-order valence-corrected chi connectivity index (χ4v) is 1.74. The van der Waals surface area contributed by atoms with Crippen LogP contribution < -0.4 is 0 Å².